The molecule has 2 aromatic rings. The van der Waals surface area contributed by atoms with Crippen molar-refractivity contribution < 1.29 is 0 Å². The van der Waals surface area contributed by atoms with Gasteiger partial charge in [0.15, 0.2) is 0 Å². The maximum atomic E-state index is 9.54. The fraction of sp³-hybridized carbons (Fsp3) is 0.265. The molecular weight excluding hydrogens is 450 g/mol. The van der Waals surface area contributed by atoms with Gasteiger partial charge in [-0.1, -0.05) is 92.8 Å². The molecule has 0 amide bonds. The number of benzene rings is 2. The van der Waals surface area contributed by atoms with Crippen molar-refractivity contribution in [2.75, 3.05) is 11.4 Å². The number of dihydropyridines is 1. The van der Waals surface area contributed by atoms with E-state index in [9.17, 15) is 5.26 Å². The smallest absolute Gasteiger partial charge is 0.0989 e. The molecular formula is C34H31N3. The average molecular weight is 482 g/mol. The third-order valence-electron chi connectivity index (χ3n) is 8.88. The highest BCUT2D eigenvalue weighted by Crippen LogP contribution is 2.57. The Morgan fingerprint density at radius 1 is 0.973 bits per heavy atom. The van der Waals surface area contributed by atoms with Crippen LogP contribution in [0, 0.1) is 29.1 Å². The van der Waals surface area contributed by atoms with Crippen LogP contribution in [-0.4, -0.2) is 12.6 Å². The van der Waals surface area contributed by atoms with E-state index in [2.05, 4.69) is 115 Å². The molecule has 1 N–H and O–H groups in total. The normalized spacial score (nSPS) is 28.3. The minimum absolute atomic E-state index is 0.0436. The van der Waals surface area contributed by atoms with Crippen molar-refractivity contribution in [3.63, 3.8) is 0 Å². The second kappa shape index (κ2) is 8.25. The minimum Gasteiger partial charge on any atom is -0.381 e. The first-order valence-corrected chi connectivity index (χ1v) is 13.4. The molecule has 2 heterocycles. The van der Waals surface area contributed by atoms with Crippen LogP contribution >= 0.6 is 0 Å². The van der Waals surface area contributed by atoms with Gasteiger partial charge in [-0.05, 0) is 41.7 Å². The summed E-state index contributed by atoms with van der Waals surface area (Å²) in [6, 6.07) is 20.3. The van der Waals surface area contributed by atoms with Crippen molar-refractivity contribution in [2.24, 2.45) is 17.8 Å². The van der Waals surface area contributed by atoms with Crippen LogP contribution in [0.25, 0.3) is 11.3 Å². The van der Waals surface area contributed by atoms with Crippen LogP contribution in [0.15, 0.2) is 108 Å². The molecule has 2 aliphatic heterocycles. The SMILES string of the molecule is CC1(C)c2ccccc2N(C2=C(c3ccccc3C3=CC(C#N)=CCN3)C=CC3CC23)C2C=CC=CC21. The van der Waals surface area contributed by atoms with E-state index in [0.29, 0.717) is 29.9 Å². The second-order valence-electron chi connectivity index (χ2n) is 11.3. The van der Waals surface area contributed by atoms with Gasteiger partial charge >= 0.3 is 0 Å². The minimum atomic E-state index is 0.0436. The van der Waals surface area contributed by atoms with E-state index in [4.69, 9.17) is 0 Å². The van der Waals surface area contributed by atoms with Crippen molar-refractivity contribution in [3.8, 4) is 6.07 Å². The fourth-order valence-corrected chi connectivity index (χ4v) is 6.89. The molecule has 182 valence electrons. The van der Waals surface area contributed by atoms with Gasteiger partial charge in [0.2, 0.25) is 0 Å². The molecule has 0 spiro atoms. The lowest BCUT2D eigenvalue weighted by Crippen LogP contribution is -2.52. The molecule has 1 fully saturated rings. The number of nitrogens with one attached hydrogen (secondary N) is 1. The molecule has 3 heteroatoms. The lowest BCUT2D eigenvalue weighted by atomic mass is 9.65. The average Bonchev–Trinajstić information content (AvgIpc) is 3.74. The zero-order valence-electron chi connectivity index (χ0n) is 21.4. The van der Waals surface area contributed by atoms with Gasteiger partial charge in [-0.25, -0.2) is 0 Å². The van der Waals surface area contributed by atoms with Crippen molar-refractivity contribution >= 4 is 17.0 Å². The molecule has 4 atom stereocenters. The molecule has 3 aliphatic carbocycles. The lowest BCUT2D eigenvalue weighted by Gasteiger charge is -2.52. The molecule has 37 heavy (non-hydrogen) atoms. The maximum Gasteiger partial charge on any atom is 0.0989 e. The van der Waals surface area contributed by atoms with E-state index in [-0.39, 0.29) is 11.5 Å². The first-order chi connectivity index (χ1) is 18.1. The molecule has 0 bridgehead atoms. The monoisotopic (exact) mass is 481 g/mol. The quantitative estimate of drug-likeness (QED) is 0.518. The molecule has 7 rings (SSSR count). The van der Waals surface area contributed by atoms with Crippen LogP contribution in [0.4, 0.5) is 5.69 Å². The summed E-state index contributed by atoms with van der Waals surface area (Å²) in [6.45, 7) is 5.47. The Morgan fingerprint density at radius 2 is 1.76 bits per heavy atom. The summed E-state index contributed by atoms with van der Waals surface area (Å²) < 4.78 is 0. The highest BCUT2D eigenvalue weighted by molar-refractivity contribution is 5.90. The summed E-state index contributed by atoms with van der Waals surface area (Å²) in [6.07, 6.45) is 19.2. The van der Waals surface area contributed by atoms with Crippen molar-refractivity contribution in [1.29, 1.82) is 5.26 Å². The Hall–Kier alpha value is -4.03. The van der Waals surface area contributed by atoms with Crippen LogP contribution in [-0.2, 0) is 5.41 Å². The lowest BCUT2D eigenvalue weighted by molar-refractivity contribution is 0.326. The summed E-state index contributed by atoms with van der Waals surface area (Å²) in [5, 5.41) is 13.1. The Kier molecular flexibility index (Phi) is 4.95. The van der Waals surface area contributed by atoms with E-state index < -0.39 is 0 Å². The highest BCUT2D eigenvalue weighted by atomic mass is 15.2. The van der Waals surface area contributed by atoms with Gasteiger partial charge < -0.3 is 10.2 Å². The van der Waals surface area contributed by atoms with E-state index in [1.807, 2.05) is 12.2 Å². The number of hydrogen-bond acceptors (Lipinski definition) is 3. The number of rotatable bonds is 3. The molecule has 4 unspecified atom stereocenters. The Morgan fingerprint density at radius 3 is 2.62 bits per heavy atom. The number of anilines is 1. The van der Waals surface area contributed by atoms with Gasteiger partial charge in [0.1, 0.15) is 0 Å². The third kappa shape index (κ3) is 3.39. The maximum absolute atomic E-state index is 9.54. The summed E-state index contributed by atoms with van der Waals surface area (Å²) in [7, 11) is 0. The topological polar surface area (TPSA) is 39.1 Å². The van der Waals surface area contributed by atoms with Crippen molar-refractivity contribution in [3.05, 3.63) is 125 Å². The van der Waals surface area contributed by atoms with Gasteiger partial charge in [0, 0.05) is 52.0 Å². The first-order valence-electron chi connectivity index (χ1n) is 13.4. The summed E-state index contributed by atoms with van der Waals surface area (Å²) in [4.78, 5) is 2.68. The molecule has 5 aliphatic rings. The van der Waals surface area contributed by atoms with Gasteiger partial charge in [0.05, 0.1) is 17.7 Å². The summed E-state index contributed by atoms with van der Waals surface area (Å²) >= 11 is 0. The predicted molar refractivity (Wildman–Crippen MR) is 151 cm³/mol. The van der Waals surface area contributed by atoms with Crippen LogP contribution in [0.5, 0.6) is 0 Å². The summed E-state index contributed by atoms with van der Waals surface area (Å²) in [5.41, 5.74) is 9.67. The Labute approximate surface area is 219 Å². The van der Waals surface area contributed by atoms with Crippen molar-refractivity contribution in [2.45, 2.75) is 31.7 Å². The standard InChI is InChI=1S/C34H31N3/c1-34(2)28-11-5-7-13-31(28)37(32-14-8-6-12-29(32)34)33-26(16-15-23-20-27(23)33)24-9-3-4-10-25(24)30-19-22(21-35)17-18-36-30/h3-17,19,23,27-28,31,36H,18,20H2,1-2H3. The van der Waals surface area contributed by atoms with E-state index >= 15 is 0 Å². The number of fused-ring (bicyclic) bond motifs is 3. The van der Waals surface area contributed by atoms with Crippen LogP contribution in [0.1, 0.15) is 37.0 Å². The van der Waals surface area contributed by atoms with Gasteiger partial charge in [-0.3, -0.25) is 0 Å². The van der Waals surface area contributed by atoms with Gasteiger partial charge in [-0.15, -0.1) is 0 Å². The zero-order valence-corrected chi connectivity index (χ0v) is 21.4. The number of nitrogens with zero attached hydrogens (tertiary/aromatic N) is 2. The van der Waals surface area contributed by atoms with Crippen LogP contribution in [0.3, 0.4) is 0 Å². The molecule has 0 aromatic heterocycles. The molecule has 0 saturated heterocycles. The van der Waals surface area contributed by atoms with E-state index in [1.54, 1.807) is 0 Å². The summed E-state index contributed by atoms with van der Waals surface area (Å²) in [5.74, 6) is 1.55. The largest absolute Gasteiger partial charge is 0.381 e. The second-order valence-corrected chi connectivity index (χ2v) is 11.3. The van der Waals surface area contributed by atoms with Gasteiger partial charge in [0.25, 0.3) is 0 Å². The highest BCUT2D eigenvalue weighted by Gasteiger charge is 2.51. The Bertz CT molecular complexity index is 1520. The number of hydrogen-bond donors (Lipinski definition) is 1. The van der Waals surface area contributed by atoms with Crippen LogP contribution < -0.4 is 10.2 Å². The molecule has 1 saturated carbocycles. The number of para-hydroxylation sites is 1. The van der Waals surface area contributed by atoms with E-state index in [0.717, 1.165) is 11.3 Å². The first kappa shape index (κ1) is 22.2. The predicted octanol–water partition coefficient (Wildman–Crippen LogP) is 6.91. The van der Waals surface area contributed by atoms with Crippen LogP contribution in [0.2, 0.25) is 0 Å². The number of allylic oxidation sites excluding steroid dienone is 8. The molecule has 3 nitrogen and oxygen atoms in total. The van der Waals surface area contributed by atoms with E-state index in [1.165, 1.54) is 34.5 Å². The third-order valence-corrected chi connectivity index (χ3v) is 8.88. The van der Waals surface area contributed by atoms with Crippen molar-refractivity contribution in [1.82, 2.24) is 5.32 Å². The fourth-order valence-electron chi connectivity index (χ4n) is 6.89. The number of nitriles is 1. The zero-order chi connectivity index (χ0) is 25.1. The molecule has 2 aromatic carbocycles. The molecule has 0 radical (unpaired) electrons. The Balaban J connectivity index is 1.46. The van der Waals surface area contributed by atoms with Gasteiger partial charge in [-0.2, -0.15) is 5.26 Å².